The molecule has 144 valence electrons. The van der Waals surface area contributed by atoms with Crippen molar-refractivity contribution in [2.45, 2.75) is 0 Å². The second-order valence-corrected chi connectivity index (χ2v) is 6.82. The summed E-state index contributed by atoms with van der Waals surface area (Å²) in [6, 6.07) is 14.3. The van der Waals surface area contributed by atoms with Gasteiger partial charge in [-0.1, -0.05) is 12.1 Å². The first-order chi connectivity index (χ1) is 13.5. The highest BCUT2D eigenvalue weighted by Crippen LogP contribution is 2.19. The minimum atomic E-state index is -0.333. The first-order valence-electron chi connectivity index (χ1n) is 8.61. The van der Waals surface area contributed by atoms with Crippen molar-refractivity contribution in [2.75, 3.05) is 25.5 Å². The fourth-order valence-electron chi connectivity index (χ4n) is 2.51. The number of carbonyl (C=O) groups excluding carboxylic acids is 2. The second kappa shape index (κ2) is 9.14. The molecule has 0 bridgehead atoms. The van der Waals surface area contributed by atoms with Crippen LogP contribution < -0.4 is 10.1 Å². The van der Waals surface area contributed by atoms with Gasteiger partial charge in [0.05, 0.1) is 23.4 Å². The number of nitrogens with zero attached hydrogens (tertiary/aromatic N) is 1. The first kappa shape index (κ1) is 19.6. The number of amides is 2. The van der Waals surface area contributed by atoms with E-state index in [9.17, 15) is 14.0 Å². The molecule has 0 unspecified atom stereocenters. The van der Waals surface area contributed by atoms with E-state index >= 15 is 0 Å². The lowest BCUT2D eigenvalue weighted by Gasteiger charge is -2.19. The molecule has 1 aromatic heterocycles. The second-order valence-electron chi connectivity index (χ2n) is 6.04. The fourth-order valence-corrected chi connectivity index (χ4v) is 3.14. The van der Waals surface area contributed by atoms with Crippen LogP contribution in [0.5, 0.6) is 5.75 Å². The summed E-state index contributed by atoms with van der Waals surface area (Å²) < 4.78 is 18.4. The number of thiophene rings is 1. The van der Waals surface area contributed by atoms with Gasteiger partial charge >= 0.3 is 0 Å². The minimum absolute atomic E-state index is 0.232. The molecule has 0 atom stereocenters. The topological polar surface area (TPSA) is 58.6 Å². The van der Waals surface area contributed by atoms with E-state index in [1.807, 2.05) is 5.38 Å². The van der Waals surface area contributed by atoms with Gasteiger partial charge in [0.25, 0.3) is 11.8 Å². The van der Waals surface area contributed by atoms with Gasteiger partial charge in [-0.2, -0.15) is 11.3 Å². The Kier molecular flexibility index (Phi) is 6.39. The number of nitrogens with one attached hydrogen (secondary N) is 1. The molecular weight excluding hydrogens is 379 g/mol. The Labute approximate surface area is 166 Å². The van der Waals surface area contributed by atoms with Gasteiger partial charge in [0, 0.05) is 12.4 Å². The van der Waals surface area contributed by atoms with E-state index in [0.717, 1.165) is 0 Å². The molecule has 3 rings (SSSR count). The summed E-state index contributed by atoms with van der Waals surface area (Å²) >= 11 is 1.43. The van der Waals surface area contributed by atoms with Crippen molar-refractivity contribution in [2.24, 2.45) is 0 Å². The lowest BCUT2D eigenvalue weighted by atomic mass is 10.1. The number of likely N-dealkylation sites (N-methyl/N-ethyl adjacent to an activating group) is 1. The van der Waals surface area contributed by atoms with E-state index in [-0.39, 0.29) is 24.2 Å². The molecule has 5 nitrogen and oxygen atoms in total. The maximum Gasteiger partial charge on any atom is 0.256 e. The van der Waals surface area contributed by atoms with Gasteiger partial charge in [-0.25, -0.2) is 4.39 Å². The highest BCUT2D eigenvalue weighted by molar-refractivity contribution is 7.08. The van der Waals surface area contributed by atoms with E-state index in [0.29, 0.717) is 29.1 Å². The van der Waals surface area contributed by atoms with Crippen molar-refractivity contribution < 1.29 is 18.7 Å². The Hall–Kier alpha value is -3.19. The molecule has 1 N–H and O–H groups in total. The molecule has 7 heteroatoms. The number of halogens is 1. The summed E-state index contributed by atoms with van der Waals surface area (Å²) in [5.41, 5.74) is 1.40. The van der Waals surface area contributed by atoms with Crippen LogP contribution in [0.3, 0.4) is 0 Å². The van der Waals surface area contributed by atoms with Crippen LogP contribution >= 0.6 is 11.3 Å². The first-order valence-corrected chi connectivity index (χ1v) is 9.55. The molecule has 0 aliphatic rings. The summed E-state index contributed by atoms with van der Waals surface area (Å²) in [6.45, 7) is 0.598. The SMILES string of the molecule is CN(CCOc1ccc(F)cc1)C(=O)c1ccccc1NC(=O)c1ccsc1. The standard InChI is InChI=1S/C21H19FN2O3S/c1-24(11-12-27-17-8-6-16(22)7-9-17)21(26)18-4-2-3-5-19(18)23-20(25)15-10-13-28-14-15/h2-10,13-14H,11-12H2,1H3,(H,23,25). The Balaban J connectivity index is 1.61. The van der Waals surface area contributed by atoms with E-state index < -0.39 is 0 Å². The molecule has 0 aliphatic carbocycles. The number of carbonyl (C=O) groups is 2. The molecule has 2 amide bonds. The smallest absolute Gasteiger partial charge is 0.256 e. The van der Waals surface area contributed by atoms with Crippen LogP contribution in [0.15, 0.2) is 65.4 Å². The zero-order chi connectivity index (χ0) is 19.9. The van der Waals surface area contributed by atoms with Crippen molar-refractivity contribution in [3.63, 3.8) is 0 Å². The number of hydrogen-bond donors (Lipinski definition) is 1. The fraction of sp³-hybridized carbons (Fsp3) is 0.143. The van der Waals surface area contributed by atoms with Gasteiger partial charge in [-0.3, -0.25) is 9.59 Å². The molecule has 1 heterocycles. The monoisotopic (exact) mass is 398 g/mol. The zero-order valence-electron chi connectivity index (χ0n) is 15.2. The summed E-state index contributed by atoms with van der Waals surface area (Å²) in [6.07, 6.45) is 0. The number of anilines is 1. The van der Waals surface area contributed by atoms with Gasteiger partial charge in [0.2, 0.25) is 0 Å². The average molecular weight is 398 g/mol. The van der Waals surface area contributed by atoms with Crippen LogP contribution in [0.25, 0.3) is 0 Å². The normalized spacial score (nSPS) is 10.4. The third kappa shape index (κ3) is 4.95. The molecule has 0 saturated carbocycles. The lowest BCUT2D eigenvalue weighted by Crippen LogP contribution is -2.31. The molecular formula is C21H19FN2O3S. The summed E-state index contributed by atoms with van der Waals surface area (Å²) in [5, 5.41) is 6.36. The van der Waals surface area contributed by atoms with Crippen molar-refractivity contribution in [3.8, 4) is 5.75 Å². The van der Waals surface area contributed by atoms with Gasteiger partial charge in [-0.15, -0.1) is 0 Å². The molecule has 2 aromatic carbocycles. The van der Waals surface area contributed by atoms with Crippen molar-refractivity contribution in [1.82, 2.24) is 4.90 Å². The maximum absolute atomic E-state index is 12.9. The molecule has 28 heavy (non-hydrogen) atoms. The lowest BCUT2D eigenvalue weighted by molar-refractivity contribution is 0.0775. The van der Waals surface area contributed by atoms with Crippen LogP contribution in [0.4, 0.5) is 10.1 Å². The summed E-state index contributed by atoms with van der Waals surface area (Å²) in [5.74, 6) is -0.292. The predicted molar refractivity (Wildman–Crippen MR) is 108 cm³/mol. The van der Waals surface area contributed by atoms with Gasteiger partial charge < -0.3 is 15.0 Å². The van der Waals surface area contributed by atoms with Crippen LogP contribution in [0.1, 0.15) is 20.7 Å². The van der Waals surface area contributed by atoms with Crippen LogP contribution in [0, 0.1) is 5.82 Å². The number of hydrogen-bond acceptors (Lipinski definition) is 4. The van der Waals surface area contributed by atoms with Gasteiger partial charge in [-0.05, 0) is 47.8 Å². The van der Waals surface area contributed by atoms with Crippen LogP contribution in [-0.2, 0) is 0 Å². The Morgan fingerprint density at radius 1 is 1.11 bits per heavy atom. The zero-order valence-corrected chi connectivity index (χ0v) is 16.0. The van der Waals surface area contributed by atoms with E-state index in [4.69, 9.17) is 4.74 Å². The quantitative estimate of drug-likeness (QED) is 0.646. The highest BCUT2D eigenvalue weighted by Gasteiger charge is 2.17. The number of ether oxygens (including phenoxy) is 1. The summed E-state index contributed by atoms with van der Waals surface area (Å²) in [4.78, 5) is 26.6. The predicted octanol–water partition coefficient (Wildman–Crippen LogP) is 4.29. The molecule has 0 saturated heterocycles. The third-order valence-corrected chi connectivity index (χ3v) is 4.73. The van der Waals surface area contributed by atoms with E-state index in [1.54, 1.807) is 42.8 Å². The minimum Gasteiger partial charge on any atom is -0.492 e. The Bertz CT molecular complexity index is 943. The average Bonchev–Trinajstić information content (AvgIpc) is 3.24. The van der Waals surface area contributed by atoms with Crippen LogP contribution in [-0.4, -0.2) is 36.9 Å². The van der Waals surface area contributed by atoms with Crippen molar-refractivity contribution >= 4 is 28.8 Å². The van der Waals surface area contributed by atoms with Gasteiger partial charge in [0.1, 0.15) is 18.2 Å². The largest absolute Gasteiger partial charge is 0.492 e. The maximum atomic E-state index is 12.9. The van der Waals surface area contributed by atoms with E-state index in [2.05, 4.69) is 5.32 Å². The number of para-hydroxylation sites is 1. The number of rotatable bonds is 7. The van der Waals surface area contributed by atoms with E-state index in [1.165, 1.54) is 40.5 Å². The van der Waals surface area contributed by atoms with Crippen LogP contribution in [0.2, 0.25) is 0 Å². The molecule has 0 aliphatic heterocycles. The Morgan fingerprint density at radius 2 is 1.86 bits per heavy atom. The molecule has 3 aromatic rings. The van der Waals surface area contributed by atoms with Crippen molar-refractivity contribution in [1.29, 1.82) is 0 Å². The summed E-state index contributed by atoms with van der Waals surface area (Å²) in [7, 11) is 1.66. The Morgan fingerprint density at radius 3 is 2.57 bits per heavy atom. The molecule has 0 fully saturated rings. The third-order valence-electron chi connectivity index (χ3n) is 4.04. The van der Waals surface area contributed by atoms with Crippen molar-refractivity contribution in [3.05, 3.63) is 82.3 Å². The molecule has 0 radical (unpaired) electrons. The highest BCUT2D eigenvalue weighted by atomic mass is 32.1. The van der Waals surface area contributed by atoms with Gasteiger partial charge in [0.15, 0.2) is 0 Å². The number of benzene rings is 2. The molecule has 0 spiro atoms.